The summed E-state index contributed by atoms with van der Waals surface area (Å²) in [5.74, 6) is -2.50. The van der Waals surface area contributed by atoms with Crippen LogP contribution in [0.1, 0.15) is 18.7 Å². The lowest BCUT2D eigenvalue weighted by Gasteiger charge is -2.47. The van der Waals surface area contributed by atoms with Crippen molar-refractivity contribution in [3.05, 3.63) is 23.1 Å². The number of aliphatic carboxylic acids is 1. The molecule has 4 rings (SSSR count). The molecular weight excluding hydrogens is 438 g/mol. The van der Waals surface area contributed by atoms with Crippen LogP contribution >= 0.6 is 23.1 Å². The number of carbonyl (C=O) groups is 2. The average molecular weight is 466 g/mol. The normalized spacial score (nSPS) is 24.1. The molecule has 0 aliphatic carbocycles. The van der Waals surface area contributed by atoms with Crippen LogP contribution in [0.4, 0.5) is 0 Å². The quantitative estimate of drug-likeness (QED) is 0.185. The minimum Gasteiger partial charge on any atom is -0.543 e. The fraction of sp³-hybridized carbons (Fsp3) is 0.550. The fourth-order valence-electron chi connectivity index (χ4n) is 4.73. The molecule has 2 aliphatic rings. The first-order chi connectivity index (χ1) is 14.8. The molecule has 2 aromatic rings. The third-order valence-electron chi connectivity index (χ3n) is 6.08. The zero-order chi connectivity index (χ0) is 22.4. The highest BCUT2D eigenvalue weighted by molar-refractivity contribution is 7.98. The molecule has 1 fully saturated rings. The van der Waals surface area contributed by atoms with E-state index in [4.69, 9.17) is 5.73 Å². The zero-order valence-electron chi connectivity index (χ0n) is 17.7. The standard InChI is InChI=1S/C20H27N5O4S2/c1-10-13(16(20(28)29)25-15(10)14(11(2)26)17(25)27)12-8-24-9-23(7-6-22-5-4-21)18(30-3)19(24)31-12/h8-11,14-15,22,26H,4-7,21H2,1-3H3/t10-,11+,14+,15+/m0/s1. The summed E-state index contributed by atoms with van der Waals surface area (Å²) in [5.41, 5.74) is 6.07. The van der Waals surface area contributed by atoms with E-state index in [9.17, 15) is 19.8 Å². The first-order valence-electron chi connectivity index (χ1n) is 10.3. The van der Waals surface area contributed by atoms with E-state index in [0.29, 0.717) is 12.1 Å². The van der Waals surface area contributed by atoms with Gasteiger partial charge in [0.1, 0.15) is 12.7 Å². The number of nitrogens with zero attached hydrogens (tertiary/aromatic N) is 3. The number of aliphatic hydroxyl groups excluding tert-OH is 1. The minimum atomic E-state index is -1.36. The van der Waals surface area contributed by atoms with Crippen LogP contribution in [0.2, 0.25) is 0 Å². The van der Waals surface area contributed by atoms with Crippen LogP contribution in [-0.4, -0.2) is 64.5 Å². The number of nitrogens with two attached hydrogens (primary N) is 1. The van der Waals surface area contributed by atoms with Crippen molar-refractivity contribution in [1.29, 1.82) is 0 Å². The molecule has 1 saturated heterocycles. The lowest BCUT2D eigenvalue weighted by atomic mass is 9.77. The van der Waals surface area contributed by atoms with Gasteiger partial charge in [-0.15, -0.1) is 0 Å². The number of carbonyl (C=O) groups excluding carboxylic acids is 2. The highest BCUT2D eigenvalue weighted by atomic mass is 32.2. The minimum absolute atomic E-state index is 0.0616. The number of fused-ring (bicyclic) bond motifs is 2. The number of hydrogen-bond donors (Lipinski definition) is 3. The summed E-state index contributed by atoms with van der Waals surface area (Å²) >= 11 is 3.14. The van der Waals surface area contributed by atoms with Crippen molar-refractivity contribution in [3.8, 4) is 0 Å². The molecule has 2 aliphatic heterocycles. The molecule has 4 N–H and O–H groups in total. The molecule has 0 saturated carbocycles. The number of imidazole rings is 1. The van der Waals surface area contributed by atoms with Crippen LogP contribution in [-0.2, 0) is 16.1 Å². The largest absolute Gasteiger partial charge is 0.543 e. The van der Waals surface area contributed by atoms with Crippen molar-refractivity contribution >= 4 is 45.4 Å². The third-order valence-corrected chi connectivity index (χ3v) is 8.17. The van der Waals surface area contributed by atoms with Crippen molar-refractivity contribution in [1.82, 2.24) is 14.8 Å². The molecule has 1 amide bonds. The first-order valence-corrected chi connectivity index (χ1v) is 12.3. The van der Waals surface area contributed by atoms with Gasteiger partial charge < -0.3 is 31.0 Å². The zero-order valence-corrected chi connectivity index (χ0v) is 19.3. The van der Waals surface area contributed by atoms with Crippen molar-refractivity contribution in [2.45, 2.75) is 37.6 Å². The molecule has 0 bridgehead atoms. The van der Waals surface area contributed by atoms with Crippen molar-refractivity contribution in [2.75, 3.05) is 25.9 Å². The summed E-state index contributed by atoms with van der Waals surface area (Å²) in [6.45, 7) is 6.45. The Morgan fingerprint density at radius 1 is 1.48 bits per heavy atom. The molecule has 9 nitrogen and oxygen atoms in total. The van der Waals surface area contributed by atoms with Gasteiger partial charge >= 0.3 is 0 Å². The summed E-state index contributed by atoms with van der Waals surface area (Å²) in [6.07, 6.45) is 5.11. The second-order valence-electron chi connectivity index (χ2n) is 7.97. The number of hydrogen-bond acceptors (Lipinski definition) is 8. The van der Waals surface area contributed by atoms with Crippen LogP contribution < -0.4 is 20.6 Å². The van der Waals surface area contributed by atoms with Gasteiger partial charge in [-0.25, -0.2) is 4.57 Å². The molecule has 0 spiro atoms. The van der Waals surface area contributed by atoms with E-state index < -0.39 is 18.0 Å². The van der Waals surface area contributed by atoms with Crippen molar-refractivity contribution in [2.24, 2.45) is 17.6 Å². The second-order valence-corrected chi connectivity index (χ2v) is 9.79. The number of nitrogens with one attached hydrogen (secondary N) is 1. The van der Waals surface area contributed by atoms with Gasteiger partial charge in [0.05, 0.1) is 34.6 Å². The smallest absolute Gasteiger partial charge is 0.250 e. The predicted molar refractivity (Wildman–Crippen MR) is 116 cm³/mol. The topological polar surface area (TPSA) is 128 Å². The van der Waals surface area contributed by atoms with E-state index in [2.05, 4.69) is 9.88 Å². The molecule has 11 heteroatoms. The Hall–Kier alpha value is -1.92. The summed E-state index contributed by atoms with van der Waals surface area (Å²) in [5, 5.41) is 26.4. The Bertz CT molecular complexity index is 1060. The molecule has 4 atom stereocenters. The van der Waals surface area contributed by atoms with Gasteiger partial charge in [0.15, 0.2) is 0 Å². The van der Waals surface area contributed by atoms with Crippen LogP contribution in [0.15, 0.2) is 23.2 Å². The number of rotatable bonds is 9. The maximum Gasteiger partial charge on any atom is 0.250 e. The van der Waals surface area contributed by atoms with Gasteiger partial charge in [0.25, 0.3) is 6.33 Å². The van der Waals surface area contributed by atoms with Crippen molar-refractivity contribution < 1.29 is 24.2 Å². The molecule has 31 heavy (non-hydrogen) atoms. The van der Waals surface area contributed by atoms with Gasteiger partial charge in [-0.3, -0.25) is 4.79 Å². The summed E-state index contributed by atoms with van der Waals surface area (Å²) in [7, 11) is 0. The van der Waals surface area contributed by atoms with Gasteiger partial charge in [-0.2, -0.15) is 4.40 Å². The van der Waals surface area contributed by atoms with Gasteiger partial charge in [-0.1, -0.05) is 30.0 Å². The lowest BCUT2D eigenvalue weighted by molar-refractivity contribution is -0.508. The number of thioether (sulfide) groups is 1. The monoisotopic (exact) mass is 465 g/mol. The molecule has 4 heterocycles. The average Bonchev–Trinajstić information content (AvgIpc) is 3.32. The maximum atomic E-state index is 12.6. The van der Waals surface area contributed by atoms with E-state index >= 15 is 0 Å². The number of carboxylic acids is 1. The van der Waals surface area contributed by atoms with Crippen LogP contribution in [0.3, 0.4) is 0 Å². The lowest BCUT2D eigenvalue weighted by Crippen LogP contribution is -2.64. The Morgan fingerprint density at radius 3 is 2.84 bits per heavy atom. The number of amides is 1. The highest BCUT2D eigenvalue weighted by Gasteiger charge is 2.59. The van der Waals surface area contributed by atoms with E-state index in [1.54, 1.807) is 18.7 Å². The second kappa shape index (κ2) is 8.55. The highest BCUT2D eigenvalue weighted by Crippen LogP contribution is 2.51. The Labute approximate surface area is 188 Å². The van der Waals surface area contributed by atoms with Crippen molar-refractivity contribution in [3.63, 3.8) is 0 Å². The van der Waals surface area contributed by atoms with Crippen LogP contribution in [0.25, 0.3) is 10.4 Å². The SMILES string of the molecule is CSc1c2sc(C3=C(C(=O)[O-])N4C(=O)[C@H]([C@@H](C)O)[C@H]4[C@H]3C)c[n+]2cn1CCNCCN. The summed E-state index contributed by atoms with van der Waals surface area (Å²) in [6, 6.07) is -0.351. The Kier molecular flexibility index (Phi) is 6.14. The predicted octanol–water partition coefficient (Wildman–Crippen LogP) is -1.12. The van der Waals surface area contributed by atoms with E-state index in [-0.39, 0.29) is 23.6 Å². The number of carboxylic acid groups (broad SMARTS) is 1. The summed E-state index contributed by atoms with van der Waals surface area (Å²) in [4.78, 5) is 27.7. The van der Waals surface area contributed by atoms with Gasteiger partial charge in [0.2, 0.25) is 15.8 Å². The van der Waals surface area contributed by atoms with E-state index in [0.717, 1.165) is 34.4 Å². The Morgan fingerprint density at radius 2 is 2.23 bits per heavy atom. The molecule has 2 aromatic heterocycles. The Balaban J connectivity index is 1.70. The van der Waals surface area contributed by atoms with Crippen LogP contribution in [0.5, 0.6) is 0 Å². The van der Waals surface area contributed by atoms with Crippen LogP contribution in [0, 0.1) is 11.8 Å². The first kappa shape index (κ1) is 22.3. The molecule has 168 valence electrons. The maximum absolute atomic E-state index is 12.6. The third kappa shape index (κ3) is 3.48. The van der Waals surface area contributed by atoms with Gasteiger partial charge in [-0.05, 0) is 13.2 Å². The molecule has 0 aromatic carbocycles. The molecule has 0 unspecified atom stereocenters. The van der Waals surface area contributed by atoms with E-state index in [1.807, 2.05) is 30.1 Å². The fourth-order valence-corrected chi connectivity index (χ4v) is 6.94. The number of aliphatic hydroxyl groups is 1. The molecular formula is C20H27N5O4S2. The van der Waals surface area contributed by atoms with E-state index in [1.165, 1.54) is 16.2 Å². The molecule has 0 radical (unpaired) electrons. The number of β-lactam (4-membered cyclic amide) rings is 1. The summed E-state index contributed by atoms with van der Waals surface area (Å²) < 4.78 is 4.17. The number of aromatic nitrogens is 2. The number of thiazole rings is 1. The van der Waals surface area contributed by atoms with Gasteiger partial charge in [0, 0.05) is 31.1 Å².